The van der Waals surface area contributed by atoms with Crippen LogP contribution in [0.2, 0.25) is 0 Å². The van der Waals surface area contributed by atoms with Gasteiger partial charge in [0.2, 0.25) is 0 Å². The largest absolute Gasteiger partial charge is 0.515 e. The topological polar surface area (TPSA) is 129 Å². The molecule has 0 heterocycles. The highest BCUT2D eigenvalue weighted by molar-refractivity contribution is 5.15. The molecule has 0 aromatic heterocycles. The maximum absolute atomic E-state index is 10.8. The number of benzene rings is 1. The number of nitro groups is 3. The fraction of sp³-hybridized carbons (Fsp3) is 0.333. The number of rotatable bonds is 6. The molecule has 1 aromatic rings. The molecular weight excluding hydrogens is 246 g/mol. The second-order valence-corrected chi connectivity index (χ2v) is 3.53. The Hall–Kier alpha value is -2.58. The van der Waals surface area contributed by atoms with Crippen LogP contribution in [0.15, 0.2) is 30.3 Å². The van der Waals surface area contributed by atoms with Gasteiger partial charge in [-0.15, -0.1) is 0 Å². The Labute approximate surface area is 100 Å². The van der Waals surface area contributed by atoms with Gasteiger partial charge in [0.15, 0.2) is 0 Å². The quantitative estimate of drug-likeness (QED) is 0.419. The van der Waals surface area contributed by atoms with E-state index < -0.39 is 27.0 Å². The highest BCUT2D eigenvalue weighted by Crippen LogP contribution is 2.11. The molecule has 9 heteroatoms. The van der Waals surface area contributed by atoms with Crippen LogP contribution in [-0.4, -0.2) is 27.0 Å². The third-order valence-electron chi connectivity index (χ3n) is 2.33. The van der Waals surface area contributed by atoms with Crippen molar-refractivity contribution >= 4 is 0 Å². The molecule has 0 N–H and O–H groups in total. The van der Waals surface area contributed by atoms with E-state index in [4.69, 9.17) is 0 Å². The molecule has 1 rings (SSSR count). The summed E-state index contributed by atoms with van der Waals surface area (Å²) in [5.41, 5.74) is 0.438. The molecule has 0 fully saturated rings. The van der Waals surface area contributed by atoms with E-state index in [1.54, 1.807) is 18.2 Å². The van der Waals surface area contributed by atoms with Gasteiger partial charge in [-0.25, -0.2) is 0 Å². The van der Waals surface area contributed by atoms with Crippen LogP contribution in [0.4, 0.5) is 0 Å². The van der Waals surface area contributed by atoms with E-state index in [1.165, 1.54) is 12.1 Å². The summed E-state index contributed by atoms with van der Waals surface area (Å²) in [5.74, 6) is 0. The van der Waals surface area contributed by atoms with Crippen molar-refractivity contribution in [1.82, 2.24) is 0 Å². The molecule has 96 valence electrons. The maximum atomic E-state index is 10.8. The first-order chi connectivity index (χ1) is 8.43. The van der Waals surface area contributed by atoms with Crippen LogP contribution in [0.5, 0.6) is 0 Å². The Morgan fingerprint density at radius 2 is 1.39 bits per heavy atom. The van der Waals surface area contributed by atoms with Crippen molar-refractivity contribution in [2.45, 2.75) is 18.6 Å². The first kappa shape index (κ1) is 13.5. The summed E-state index contributed by atoms with van der Waals surface area (Å²) in [4.78, 5) is 28.4. The summed E-state index contributed by atoms with van der Waals surface area (Å²) in [5, 5.41) is 31.8. The molecule has 1 atom stereocenters. The van der Waals surface area contributed by atoms with Gasteiger partial charge < -0.3 is 0 Å². The lowest BCUT2D eigenvalue weighted by molar-refractivity contribution is -0.782. The summed E-state index contributed by atoms with van der Waals surface area (Å²) >= 11 is 0. The third kappa shape index (κ3) is 3.20. The Morgan fingerprint density at radius 1 is 0.889 bits per heavy atom. The van der Waals surface area contributed by atoms with E-state index in [2.05, 4.69) is 0 Å². The van der Waals surface area contributed by atoms with Crippen molar-refractivity contribution in [3.8, 4) is 0 Å². The van der Waals surface area contributed by atoms with Gasteiger partial charge in [-0.3, -0.25) is 30.3 Å². The van der Waals surface area contributed by atoms with Crippen LogP contribution in [0, 0.1) is 30.3 Å². The van der Waals surface area contributed by atoms with Gasteiger partial charge >= 0.3 is 12.2 Å². The molecule has 0 radical (unpaired) electrons. The number of hydrogen-bond donors (Lipinski definition) is 0. The normalized spacial score (nSPS) is 12.1. The zero-order chi connectivity index (χ0) is 13.7. The van der Waals surface area contributed by atoms with Gasteiger partial charge in [0.05, 0.1) is 6.42 Å². The predicted octanol–water partition coefficient (Wildman–Crippen LogP) is 0.754. The molecule has 1 aromatic carbocycles. The highest BCUT2D eigenvalue weighted by atomic mass is 16.7. The van der Waals surface area contributed by atoms with Gasteiger partial charge in [0.1, 0.15) is 9.85 Å². The van der Waals surface area contributed by atoms with Crippen molar-refractivity contribution in [2.24, 2.45) is 0 Å². The van der Waals surface area contributed by atoms with E-state index in [1.807, 2.05) is 0 Å². The molecule has 18 heavy (non-hydrogen) atoms. The standard InChI is InChI=1S/C9H9N3O6/c13-10(14)8(9(11(15)16)12(17)18)6-7-4-2-1-3-5-7/h1-5,8-9H,6H2. The van der Waals surface area contributed by atoms with E-state index >= 15 is 0 Å². The Bertz CT molecular complexity index is 449. The van der Waals surface area contributed by atoms with Crippen molar-refractivity contribution in [1.29, 1.82) is 0 Å². The van der Waals surface area contributed by atoms with E-state index in [0.717, 1.165) is 0 Å². The van der Waals surface area contributed by atoms with Crippen molar-refractivity contribution < 1.29 is 14.8 Å². The fourth-order valence-corrected chi connectivity index (χ4v) is 1.50. The Balaban J connectivity index is 2.99. The van der Waals surface area contributed by atoms with Crippen molar-refractivity contribution in [3.63, 3.8) is 0 Å². The predicted molar refractivity (Wildman–Crippen MR) is 58.7 cm³/mol. The molecular formula is C9H9N3O6. The fourth-order valence-electron chi connectivity index (χ4n) is 1.50. The zero-order valence-corrected chi connectivity index (χ0v) is 9.04. The van der Waals surface area contributed by atoms with Gasteiger partial charge in [-0.05, 0) is 5.56 Å². The summed E-state index contributed by atoms with van der Waals surface area (Å²) in [6.07, 6.45) is -2.80. The second kappa shape index (κ2) is 5.66. The first-order valence-electron chi connectivity index (χ1n) is 4.88. The summed E-state index contributed by atoms with van der Waals surface area (Å²) < 4.78 is 0. The minimum absolute atomic E-state index is 0.361. The molecule has 0 aliphatic rings. The number of nitrogens with zero attached hydrogens (tertiary/aromatic N) is 3. The van der Waals surface area contributed by atoms with E-state index in [0.29, 0.717) is 5.56 Å². The molecule has 0 bridgehead atoms. The summed E-state index contributed by atoms with van der Waals surface area (Å²) in [6, 6.07) is 6.01. The zero-order valence-electron chi connectivity index (χ0n) is 9.04. The lowest BCUT2D eigenvalue weighted by Crippen LogP contribution is -2.46. The second-order valence-electron chi connectivity index (χ2n) is 3.53. The van der Waals surface area contributed by atoms with Crippen molar-refractivity contribution in [2.75, 3.05) is 0 Å². The van der Waals surface area contributed by atoms with Crippen LogP contribution < -0.4 is 0 Å². The smallest absolute Gasteiger partial charge is 0.264 e. The van der Waals surface area contributed by atoms with Gasteiger partial charge in [-0.2, -0.15) is 0 Å². The molecule has 0 aliphatic carbocycles. The minimum atomic E-state index is -2.44. The van der Waals surface area contributed by atoms with Crippen LogP contribution in [0.1, 0.15) is 5.56 Å². The van der Waals surface area contributed by atoms with E-state index in [9.17, 15) is 30.3 Å². The van der Waals surface area contributed by atoms with Gasteiger partial charge in [0.25, 0.3) is 0 Å². The molecule has 0 spiro atoms. The highest BCUT2D eigenvalue weighted by Gasteiger charge is 2.50. The van der Waals surface area contributed by atoms with Crippen LogP contribution >= 0.6 is 0 Å². The average Bonchev–Trinajstić information content (AvgIpc) is 2.28. The van der Waals surface area contributed by atoms with E-state index in [-0.39, 0.29) is 6.42 Å². The summed E-state index contributed by atoms with van der Waals surface area (Å²) in [7, 11) is 0. The minimum Gasteiger partial charge on any atom is -0.264 e. The Morgan fingerprint density at radius 3 is 1.78 bits per heavy atom. The van der Waals surface area contributed by atoms with Crippen LogP contribution in [-0.2, 0) is 6.42 Å². The molecule has 0 saturated carbocycles. The molecule has 0 amide bonds. The first-order valence-corrected chi connectivity index (χ1v) is 4.88. The van der Waals surface area contributed by atoms with Gasteiger partial charge in [0, 0.05) is 4.92 Å². The number of hydrogen-bond acceptors (Lipinski definition) is 6. The van der Waals surface area contributed by atoms with Crippen LogP contribution in [0.25, 0.3) is 0 Å². The lowest BCUT2D eigenvalue weighted by Gasteiger charge is -2.08. The molecule has 9 nitrogen and oxygen atoms in total. The van der Waals surface area contributed by atoms with Gasteiger partial charge in [-0.1, -0.05) is 30.3 Å². The van der Waals surface area contributed by atoms with Crippen LogP contribution in [0.3, 0.4) is 0 Å². The molecule has 1 unspecified atom stereocenters. The van der Waals surface area contributed by atoms with Crippen molar-refractivity contribution in [3.05, 3.63) is 66.2 Å². The SMILES string of the molecule is O=[N+]([O-])C(Cc1ccccc1)C([N+](=O)[O-])[N+](=O)[O-]. The average molecular weight is 255 g/mol. The third-order valence-corrected chi connectivity index (χ3v) is 2.33. The summed E-state index contributed by atoms with van der Waals surface area (Å²) in [6.45, 7) is 0. The lowest BCUT2D eigenvalue weighted by atomic mass is 10.0. The Kier molecular flexibility index (Phi) is 4.24. The molecule has 0 saturated heterocycles. The maximum Gasteiger partial charge on any atom is 0.515 e. The monoisotopic (exact) mass is 255 g/mol. The molecule has 0 aliphatic heterocycles.